The van der Waals surface area contributed by atoms with Gasteiger partial charge in [-0.25, -0.2) is 4.39 Å². The summed E-state index contributed by atoms with van der Waals surface area (Å²) >= 11 is 0. The van der Waals surface area contributed by atoms with Gasteiger partial charge in [0.2, 0.25) is 0 Å². The van der Waals surface area contributed by atoms with E-state index in [0.29, 0.717) is 17.2 Å². The monoisotopic (exact) mass is 258 g/mol. The number of nitrogens with zero attached hydrogens (tertiary/aromatic N) is 3. The molecule has 2 heterocycles. The summed E-state index contributed by atoms with van der Waals surface area (Å²) < 4.78 is 20.5. The van der Waals surface area contributed by atoms with Crippen molar-refractivity contribution in [1.82, 2.24) is 14.6 Å². The molecule has 2 aromatic heterocycles. The third-order valence-electron chi connectivity index (χ3n) is 2.69. The van der Waals surface area contributed by atoms with Crippen LogP contribution in [0.15, 0.2) is 42.6 Å². The summed E-state index contributed by atoms with van der Waals surface area (Å²) in [4.78, 5) is 0. The summed E-state index contributed by atoms with van der Waals surface area (Å²) in [6.45, 7) is 0.117. The molecule has 0 aliphatic heterocycles. The second kappa shape index (κ2) is 4.56. The zero-order valence-electron chi connectivity index (χ0n) is 9.95. The van der Waals surface area contributed by atoms with Gasteiger partial charge in [0, 0.05) is 11.9 Å². The average molecular weight is 258 g/mol. The highest BCUT2D eigenvalue weighted by Gasteiger charge is 2.08. The lowest BCUT2D eigenvalue weighted by molar-refractivity contribution is 0.280. The molecule has 0 fully saturated rings. The highest BCUT2D eigenvalue weighted by atomic mass is 19.1. The minimum Gasteiger partial charge on any atom is -0.483 e. The Balaban J connectivity index is 1.86. The maximum Gasteiger partial charge on any atom is 0.175 e. The zero-order valence-corrected chi connectivity index (χ0v) is 9.95. The Labute approximate surface area is 108 Å². The molecule has 96 valence electrons. The molecule has 0 spiro atoms. The molecule has 1 aromatic carbocycles. The van der Waals surface area contributed by atoms with Crippen LogP contribution in [0.3, 0.4) is 0 Å². The molecule has 2 N–H and O–H groups in total. The number of para-hydroxylation sites is 1. The van der Waals surface area contributed by atoms with E-state index in [4.69, 9.17) is 10.5 Å². The maximum absolute atomic E-state index is 13.4. The molecule has 0 saturated heterocycles. The molecule has 19 heavy (non-hydrogen) atoms. The number of ether oxygens (including phenoxy) is 1. The van der Waals surface area contributed by atoms with Crippen molar-refractivity contribution in [1.29, 1.82) is 0 Å². The zero-order chi connectivity index (χ0) is 13.2. The van der Waals surface area contributed by atoms with Crippen LogP contribution in [-0.4, -0.2) is 14.6 Å². The molecule has 0 aliphatic carbocycles. The number of benzene rings is 1. The summed E-state index contributed by atoms with van der Waals surface area (Å²) in [5.74, 6) is 0.338. The van der Waals surface area contributed by atoms with Gasteiger partial charge in [0.1, 0.15) is 6.61 Å². The summed E-state index contributed by atoms with van der Waals surface area (Å²) in [6.07, 6.45) is 1.70. The van der Waals surface area contributed by atoms with Crippen LogP contribution in [0, 0.1) is 5.82 Å². The van der Waals surface area contributed by atoms with Crippen LogP contribution in [-0.2, 0) is 6.61 Å². The van der Waals surface area contributed by atoms with E-state index in [-0.39, 0.29) is 12.4 Å². The van der Waals surface area contributed by atoms with E-state index in [1.54, 1.807) is 40.9 Å². The quantitative estimate of drug-likeness (QED) is 0.780. The Hall–Kier alpha value is -2.63. The molecular formula is C13H11FN4O. The van der Waals surface area contributed by atoms with Crippen molar-refractivity contribution in [2.75, 3.05) is 5.73 Å². The van der Waals surface area contributed by atoms with Crippen molar-refractivity contribution in [3.63, 3.8) is 0 Å². The topological polar surface area (TPSA) is 65.4 Å². The molecular weight excluding hydrogens is 247 g/mol. The predicted molar refractivity (Wildman–Crippen MR) is 68.1 cm³/mol. The van der Waals surface area contributed by atoms with Crippen molar-refractivity contribution >= 4 is 11.3 Å². The van der Waals surface area contributed by atoms with Crippen molar-refractivity contribution in [3.8, 4) is 5.75 Å². The van der Waals surface area contributed by atoms with Gasteiger partial charge in [0.25, 0.3) is 0 Å². The third-order valence-corrected chi connectivity index (χ3v) is 2.69. The largest absolute Gasteiger partial charge is 0.483 e. The number of aromatic nitrogens is 3. The van der Waals surface area contributed by atoms with Crippen LogP contribution in [0.25, 0.3) is 5.65 Å². The minimum atomic E-state index is -0.407. The van der Waals surface area contributed by atoms with Crippen LogP contribution in [0.1, 0.15) is 5.82 Å². The Morgan fingerprint density at radius 3 is 2.84 bits per heavy atom. The fourth-order valence-electron chi connectivity index (χ4n) is 1.76. The molecule has 0 radical (unpaired) electrons. The second-order valence-corrected chi connectivity index (χ2v) is 4.03. The van der Waals surface area contributed by atoms with Crippen molar-refractivity contribution in [3.05, 3.63) is 54.2 Å². The third kappa shape index (κ3) is 2.20. The first kappa shape index (κ1) is 11.5. The van der Waals surface area contributed by atoms with Crippen LogP contribution in [0.2, 0.25) is 0 Å². The van der Waals surface area contributed by atoms with Gasteiger partial charge in [-0.05, 0) is 24.3 Å². The maximum atomic E-state index is 13.4. The van der Waals surface area contributed by atoms with Crippen LogP contribution in [0.4, 0.5) is 10.1 Å². The number of nitrogens with two attached hydrogens (primary N) is 1. The van der Waals surface area contributed by atoms with Crippen LogP contribution >= 0.6 is 0 Å². The highest BCUT2D eigenvalue weighted by molar-refractivity contribution is 5.47. The van der Waals surface area contributed by atoms with Gasteiger partial charge in [0.05, 0.1) is 0 Å². The fourth-order valence-corrected chi connectivity index (χ4v) is 1.76. The summed E-state index contributed by atoms with van der Waals surface area (Å²) in [6, 6.07) is 9.72. The molecule has 5 nitrogen and oxygen atoms in total. The Kier molecular flexibility index (Phi) is 2.75. The summed E-state index contributed by atoms with van der Waals surface area (Å²) in [5.41, 5.74) is 6.97. The molecule has 6 heteroatoms. The smallest absolute Gasteiger partial charge is 0.175 e. The van der Waals surface area contributed by atoms with Crippen molar-refractivity contribution in [2.24, 2.45) is 0 Å². The minimum absolute atomic E-state index is 0.117. The summed E-state index contributed by atoms with van der Waals surface area (Å²) in [7, 11) is 0. The van der Waals surface area contributed by atoms with Crippen molar-refractivity contribution in [2.45, 2.75) is 6.61 Å². The molecule has 0 saturated carbocycles. The van der Waals surface area contributed by atoms with E-state index in [1.807, 2.05) is 0 Å². The van der Waals surface area contributed by atoms with E-state index >= 15 is 0 Å². The lowest BCUT2D eigenvalue weighted by Crippen LogP contribution is -2.03. The molecule has 3 rings (SSSR count). The normalized spacial score (nSPS) is 10.8. The number of rotatable bonds is 3. The molecule has 0 unspecified atom stereocenters. The number of hydrogen-bond donors (Lipinski definition) is 1. The number of halogens is 1. The first-order valence-electron chi connectivity index (χ1n) is 5.70. The Morgan fingerprint density at radius 2 is 2.00 bits per heavy atom. The van der Waals surface area contributed by atoms with Gasteiger partial charge < -0.3 is 10.5 Å². The molecule has 0 aliphatic rings. The first-order chi connectivity index (χ1) is 9.24. The van der Waals surface area contributed by atoms with E-state index in [1.165, 1.54) is 6.07 Å². The van der Waals surface area contributed by atoms with Gasteiger partial charge in [-0.2, -0.15) is 0 Å². The highest BCUT2D eigenvalue weighted by Crippen LogP contribution is 2.17. The molecule has 0 bridgehead atoms. The molecule has 0 amide bonds. The fraction of sp³-hybridized carbons (Fsp3) is 0.0769. The first-order valence-corrected chi connectivity index (χ1v) is 5.70. The number of anilines is 1. The Bertz CT molecular complexity index is 725. The summed E-state index contributed by atoms with van der Waals surface area (Å²) in [5, 5.41) is 7.97. The standard InChI is InChI=1S/C13H11FN4O/c14-10-3-1-2-4-11(10)19-8-13-17-16-12-6-5-9(15)7-18(12)13/h1-7H,8,15H2. The second-order valence-electron chi connectivity index (χ2n) is 4.03. The predicted octanol–water partition coefficient (Wildman–Crippen LogP) is 2.03. The number of fused-ring (bicyclic) bond motifs is 1. The van der Waals surface area contributed by atoms with Gasteiger partial charge >= 0.3 is 0 Å². The molecule has 3 aromatic rings. The van der Waals surface area contributed by atoms with Gasteiger partial charge in [-0.3, -0.25) is 4.40 Å². The van der Waals surface area contributed by atoms with Crippen molar-refractivity contribution < 1.29 is 9.13 Å². The number of nitrogen functional groups attached to an aromatic ring is 1. The van der Waals surface area contributed by atoms with Gasteiger partial charge in [-0.1, -0.05) is 12.1 Å². The van der Waals surface area contributed by atoms with Crippen LogP contribution in [0.5, 0.6) is 5.75 Å². The Morgan fingerprint density at radius 1 is 1.16 bits per heavy atom. The van der Waals surface area contributed by atoms with E-state index in [0.717, 1.165) is 0 Å². The SMILES string of the molecule is Nc1ccc2nnc(COc3ccccc3F)n2c1. The number of hydrogen-bond acceptors (Lipinski definition) is 4. The van der Waals surface area contributed by atoms with E-state index in [9.17, 15) is 4.39 Å². The van der Waals surface area contributed by atoms with Gasteiger partial charge in [-0.15, -0.1) is 10.2 Å². The van der Waals surface area contributed by atoms with E-state index < -0.39 is 5.82 Å². The van der Waals surface area contributed by atoms with Crippen LogP contribution < -0.4 is 10.5 Å². The average Bonchev–Trinajstić information content (AvgIpc) is 2.80. The lowest BCUT2D eigenvalue weighted by Gasteiger charge is -2.05. The molecule has 0 atom stereocenters. The lowest BCUT2D eigenvalue weighted by atomic mass is 10.3. The number of pyridine rings is 1. The van der Waals surface area contributed by atoms with Gasteiger partial charge in [0.15, 0.2) is 23.0 Å². The van der Waals surface area contributed by atoms with E-state index in [2.05, 4.69) is 10.2 Å².